The molecule has 6 rings (SSSR count). The van der Waals surface area contributed by atoms with Crippen LogP contribution >= 0.6 is 11.6 Å². The quantitative estimate of drug-likeness (QED) is 0.347. The third-order valence-corrected chi connectivity index (χ3v) is 7.14. The van der Waals surface area contributed by atoms with E-state index in [0.717, 1.165) is 5.39 Å². The number of aromatic carboxylic acids is 1. The number of carbonyl (C=O) groups excluding carboxylic acids is 1. The Hall–Kier alpha value is -4.17. The minimum absolute atomic E-state index is 0.0124. The Balaban J connectivity index is 1.64. The van der Waals surface area contributed by atoms with Crippen molar-refractivity contribution in [3.63, 3.8) is 0 Å². The number of ether oxygens (including phenoxy) is 2. The van der Waals surface area contributed by atoms with Gasteiger partial charge in [-0.3, -0.25) is 4.79 Å². The van der Waals surface area contributed by atoms with Crippen LogP contribution in [0.5, 0.6) is 11.5 Å². The molecule has 37 heavy (non-hydrogen) atoms. The smallest absolute Gasteiger partial charge is 0.353 e. The highest BCUT2D eigenvalue weighted by Gasteiger charge is 2.33. The first kappa shape index (κ1) is 23.2. The van der Waals surface area contributed by atoms with Crippen molar-refractivity contribution in [1.29, 1.82) is 0 Å². The van der Waals surface area contributed by atoms with Crippen molar-refractivity contribution in [2.75, 3.05) is 13.7 Å². The van der Waals surface area contributed by atoms with Crippen molar-refractivity contribution in [1.82, 2.24) is 9.55 Å². The molecule has 0 saturated heterocycles. The van der Waals surface area contributed by atoms with Gasteiger partial charge < -0.3 is 19.1 Å². The normalized spacial score (nSPS) is 14.7. The zero-order valence-electron chi connectivity index (χ0n) is 19.7. The molecule has 1 aliphatic heterocycles. The average Bonchev–Trinajstić information content (AvgIpc) is 3.48. The van der Waals surface area contributed by atoms with Gasteiger partial charge >= 0.3 is 5.97 Å². The number of allylic oxidation sites excluding steroid dienone is 4. The molecule has 0 unspecified atom stereocenters. The summed E-state index contributed by atoms with van der Waals surface area (Å²) >= 11 is 6.55. The molecule has 2 aromatic carbocycles. The lowest BCUT2D eigenvalue weighted by Crippen LogP contribution is -2.14. The Morgan fingerprint density at radius 1 is 1.30 bits per heavy atom. The second kappa shape index (κ2) is 8.74. The number of carboxylic acids is 1. The molecule has 0 spiro atoms. The lowest BCUT2D eigenvalue weighted by molar-refractivity contribution is -0.113. The summed E-state index contributed by atoms with van der Waals surface area (Å²) in [6.07, 6.45) is 5.53. The fraction of sp³-hybridized carbons (Fsp3) is 0.179. The summed E-state index contributed by atoms with van der Waals surface area (Å²) in [5.41, 5.74) is 2.18. The number of benzene rings is 2. The first-order chi connectivity index (χ1) is 17.9. The number of pyridine rings is 1. The maximum absolute atomic E-state index is 15.2. The number of halogens is 2. The lowest BCUT2D eigenvalue weighted by Gasteiger charge is -2.13. The van der Waals surface area contributed by atoms with E-state index in [9.17, 15) is 14.7 Å². The number of ketones is 1. The molecule has 4 aromatic rings. The van der Waals surface area contributed by atoms with Gasteiger partial charge in [-0.15, -0.1) is 0 Å². The van der Waals surface area contributed by atoms with E-state index >= 15 is 4.39 Å². The van der Waals surface area contributed by atoms with E-state index in [-0.39, 0.29) is 53.1 Å². The Morgan fingerprint density at radius 2 is 2.14 bits per heavy atom. The van der Waals surface area contributed by atoms with Crippen LogP contribution in [0.2, 0.25) is 5.15 Å². The highest BCUT2D eigenvalue weighted by molar-refractivity contribution is 6.30. The predicted molar refractivity (Wildman–Crippen MR) is 137 cm³/mol. The van der Waals surface area contributed by atoms with Crippen molar-refractivity contribution in [3.8, 4) is 11.5 Å². The Bertz CT molecular complexity index is 1720. The minimum Gasteiger partial charge on any atom is -0.497 e. The zero-order valence-corrected chi connectivity index (χ0v) is 20.4. The van der Waals surface area contributed by atoms with Gasteiger partial charge in [0.2, 0.25) is 0 Å². The standard InChI is InChI=1S/C28H20ClFN2O5/c1-36-16-7-6-14-10-15(27(29)31-20(14)11-16)13-32-21-12-19(30)17-8-9-37-26(17)24(21)23(25(32)28(34)35)18-4-2-3-5-22(18)33/h2-4,6-7,10-12H,5,8-9,13H2,1H3,(H,34,35). The maximum Gasteiger partial charge on any atom is 0.353 e. The Kier molecular flexibility index (Phi) is 5.49. The van der Waals surface area contributed by atoms with E-state index in [1.807, 2.05) is 12.1 Å². The van der Waals surface area contributed by atoms with E-state index in [1.54, 1.807) is 37.5 Å². The van der Waals surface area contributed by atoms with Gasteiger partial charge in [-0.1, -0.05) is 29.8 Å². The van der Waals surface area contributed by atoms with Gasteiger partial charge in [0.05, 0.1) is 36.7 Å². The molecule has 3 heterocycles. The maximum atomic E-state index is 15.2. The molecule has 0 amide bonds. The molecule has 1 N–H and O–H groups in total. The minimum atomic E-state index is -1.25. The van der Waals surface area contributed by atoms with Crippen LogP contribution < -0.4 is 9.47 Å². The number of carboxylic acid groups (broad SMARTS) is 1. The molecular formula is C28H20ClFN2O5. The summed E-state index contributed by atoms with van der Waals surface area (Å²) in [5, 5.41) is 11.7. The monoisotopic (exact) mass is 518 g/mol. The van der Waals surface area contributed by atoms with Gasteiger partial charge in [0.25, 0.3) is 0 Å². The average molecular weight is 519 g/mol. The second-order valence-electron chi connectivity index (χ2n) is 8.91. The molecule has 2 aliphatic rings. The number of hydrogen-bond donors (Lipinski definition) is 1. The fourth-order valence-corrected chi connectivity index (χ4v) is 5.33. The van der Waals surface area contributed by atoms with Crippen LogP contribution in [0.1, 0.15) is 33.6 Å². The summed E-state index contributed by atoms with van der Waals surface area (Å²) < 4.78 is 27.7. The summed E-state index contributed by atoms with van der Waals surface area (Å²) in [6, 6.07) is 8.50. The molecule has 7 nitrogen and oxygen atoms in total. The van der Waals surface area contributed by atoms with Crippen LogP contribution in [0.3, 0.4) is 0 Å². The van der Waals surface area contributed by atoms with Crippen LogP contribution in [0.15, 0.2) is 48.6 Å². The molecule has 1 aliphatic carbocycles. The molecule has 0 saturated carbocycles. The van der Waals surface area contributed by atoms with E-state index in [1.165, 1.54) is 10.6 Å². The summed E-state index contributed by atoms with van der Waals surface area (Å²) in [6.45, 7) is 0.261. The molecule has 0 bridgehead atoms. The highest BCUT2D eigenvalue weighted by Crippen LogP contribution is 2.44. The van der Waals surface area contributed by atoms with Gasteiger partial charge in [-0.25, -0.2) is 14.2 Å². The van der Waals surface area contributed by atoms with Crippen molar-refractivity contribution in [3.05, 3.63) is 81.9 Å². The van der Waals surface area contributed by atoms with Crippen LogP contribution in [0, 0.1) is 5.82 Å². The Labute approximate surface area is 215 Å². The highest BCUT2D eigenvalue weighted by atomic mass is 35.5. The first-order valence-corrected chi connectivity index (χ1v) is 12.0. The van der Waals surface area contributed by atoms with Crippen molar-refractivity contribution >= 4 is 50.7 Å². The number of rotatable bonds is 5. The lowest BCUT2D eigenvalue weighted by atomic mass is 9.92. The van der Waals surface area contributed by atoms with E-state index < -0.39 is 11.8 Å². The third kappa shape index (κ3) is 3.67. The van der Waals surface area contributed by atoms with Crippen LogP contribution in [-0.2, 0) is 17.8 Å². The fourth-order valence-electron chi connectivity index (χ4n) is 5.12. The number of carbonyl (C=O) groups is 2. The van der Waals surface area contributed by atoms with Gasteiger partial charge in [-0.05, 0) is 24.3 Å². The number of Topliss-reactive ketones (excluding diaryl/α,β-unsaturated/α-hetero) is 1. The molecule has 9 heteroatoms. The summed E-state index contributed by atoms with van der Waals surface area (Å²) in [5.74, 6) is -1.05. The summed E-state index contributed by atoms with van der Waals surface area (Å²) in [4.78, 5) is 30.1. The zero-order chi connectivity index (χ0) is 25.8. The molecular weight excluding hydrogens is 499 g/mol. The van der Waals surface area contributed by atoms with Gasteiger partial charge in [0, 0.05) is 46.6 Å². The van der Waals surface area contributed by atoms with Gasteiger partial charge in [0.1, 0.15) is 28.2 Å². The van der Waals surface area contributed by atoms with E-state index in [4.69, 9.17) is 21.1 Å². The molecule has 0 radical (unpaired) electrons. The van der Waals surface area contributed by atoms with E-state index in [2.05, 4.69) is 4.98 Å². The van der Waals surface area contributed by atoms with Crippen LogP contribution in [0.4, 0.5) is 4.39 Å². The number of hydrogen-bond acceptors (Lipinski definition) is 5. The van der Waals surface area contributed by atoms with Crippen molar-refractivity contribution < 1.29 is 28.6 Å². The summed E-state index contributed by atoms with van der Waals surface area (Å²) in [7, 11) is 1.56. The van der Waals surface area contributed by atoms with Crippen LogP contribution in [0.25, 0.3) is 27.4 Å². The van der Waals surface area contributed by atoms with Crippen molar-refractivity contribution in [2.45, 2.75) is 19.4 Å². The molecule has 2 aromatic heterocycles. The largest absolute Gasteiger partial charge is 0.497 e. The second-order valence-corrected chi connectivity index (χ2v) is 9.26. The number of fused-ring (bicyclic) bond motifs is 4. The van der Waals surface area contributed by atoms with Gasteiger partial charge in [-0.2, -0.15) is 0 Å². The topological polar surface area (TPSA) is 90.7 Å². The predicted octanol–water partition coefficient (Wildman–Crippen LogP) is 5.58. The van der Waals surface area contributed by atoms with Crippen molar-refractivity contribution in [2.24, 2.45) is 0 Å². The molecule has 186 valence electrons. The van der Waals surface area contributed by atoms with Crippen LogP contribution in [-0.4, -0.2) is 40.1 Å². The first-order valence-electron chi connectivity index (χ1n) is 11.6. The molecule has 0 atom stereocenters. The molecule has 0 fully saturated rings. The SMILES string of the molecule is COc1ccc2cc(Cn3c(C(=O)O)c(C4=CC=CCC4=O)c4c5c(c(F)cc43)CCO5)c(Cl)nc2c1. The number of methoxy groups -OCH3 is 1. The van der Waals surface area contributed by atoms with Gasteiger partial charge in [0.15, 0.2) is 5.78 Å². The number of aromatic nitrogens is 2. The Morgan fingerprint density at radius 3 is 2.89 bits per heavy atom. The number of nitrogens with zero attached hydrogens (tertiary/aromatic N) is 2. The van der Waals surface area contributed by atoms with E-state index in [0.29, 0.717) is 39.7 Å². The third-order valence-electron chi connectivity index (χ3n) is 6.81.